The van der Waals surface area contributed by atoms with Crippen molar-refractivity contribution in [1.29, 1.82) is 0 Å². The molecule has 0 spiro atoms. The first-order valence-electron chi connectivity index (χ1n) is 4.61. The zero-order chi connectivity index (χ0) is 13.2. The van der Waals surface area contributed by atoms with Crippen LogP contribution in [-0.4, -0.2) is 39.2 Å². The molecule has 0 aliphatic carbocycles. The maximum Gasteiger partial charge on any atom is 0.256 e. The highest BCUT2D eigenvalue weighted by Gasteiger charge is 2.20. The van der Waals surface area contributed by atoms with Crippen molar-refractivity contribution < 1.29 is 17.9 Å². The molecule has 1 aromatic rings. The van der Waals surface area contributed by atoms with E-state index in [9.17, 15) is 13.2 Å². The third-order valence-electron chi connectivity index (χ3n) is 2.16. The standard InChI is InChI=1S/C10H12ClNO4S/c1-12(2)17(14,15)7-4-5-9(16-3)8(6-7)10(11)13/h4-6H,1-3H3. The van der Waals surface area contributed by atoms with E-state index in [0.717, 1.165) is 4.31 Å². The molecule has 1 aromatic carbocycles. The Balaban J connectivity index is 3.41. The summed E-state index contributed by atoms with van der Waals surface area (Å²) in [4.78, 5) is 11.1. The highest BCUT2D eigenvalue weighted by Crippen LogP contribution is 2.25. The second kappa shape index (κ2) is 5.03. The van der Waals surface area contributed by atoms with Gasteiger partial charge in [-0.05, 0) is 29.8 Å². The number of carbonyl (C=O) groups excluding carboxylic acids is 1. The smallest absolute Gasteiger partial charge is 0.256 e. The maximum absolute atomic E-state index is 11.8. The number of rotatable bonds is 4. The minimum Gasteiger partial charge on any atom is -0.496 e. The largest absolute Gasteiger partial charge is 0.496 e. The van der Waals surface area contributed by atoms with Crippen molar-refractivity contribution in [2.45, 2.75) is 4.90 Å². The fraction of sp³-hybridized carbons (Fsp3) is 0.300. The third-order valence-corrected chi connectivity index (χ3v) is 4.18. The maximum atomic E-state index is 11.8. The topological polar surface area (TPSA) is 63.7 Å². The molecule has 0 saturated carbocycles. The second-order valence-corrected chi connectivity index (χ2v) is 5.92. The van der Waals surface area contributed by atoms with Gasteiger partial charge in [0.1, 0.15) is 5.75 Å². The first-order valence-corrected chi connectivity index (χ1v) is 6.43. The lowest BCUT2D eigenvalue weighted by atomic mass is 10.2. The number of hydrogen-bond donors (Lipinski definition) is 0. The summed E-state index contributed by atoms with van der Waals surface area (Å²) in [6.07, 6.45) is 0. The predicted octanol–water partition coefficient (Wildman–Crippen LogP) is 1.32. The minimum absolute atomic E-state index is 0.00713. The molecule has 94 valence electrons. The highest BCUT2D eigenvalue weighted by atomic mass is 35.5. The second-order valence-electron chi connectivity index (χ2n) is 3.42. The molecular formula is C10H12ClNO4S. The Morgan fingerprint density at radius 2 is 1.94 bits per heavy atom. The van der Waals surface area contributed by atoms with Gasteiger partial charge in [-0.25, -0.2) is 12.7 Å². The van der Waals surface area contributed by atoms with Crippen LogP contribution in [0.5, 0.6) is 5.75 Å². The van der Waals surface area contributed by atoms with Crippen molar-refractivity contribution in [1.82, 2.24) is 4.31 Å². The summed E-state index contributed by atoms with van der Waals surface area (Å²) in [5.41, 5.74) is 0.0251. The SMILES string of the molecule is COc1ccc(S(=O)(=O)N(C)C)cc1C(=O)Cl. The van der Waals surface area contributed by atoms with Crippen LogP contribution in [0.1, 0.15) is 10.4 Å². The number of sulfonamides is 1. The van der Waals surface area contributed by atoms with E-state index in [0.29, 0.717) is 0 Å². The van der Waals surface area contributed by atoms with Gasteiger partial charge in [-0.2, -0.15) is 0 Å². The van der Waals surface area contributed by atoms with Crippen LogP contribution < -0.4 is 4.74 Å². The predicted molar refractivity (Wildman–Crippen MR) is 64.1 cm³/mol. The Labute approximate surface area is 105 Å². The molecule has 0 aromatic heterocycles. The minimum atomic E-state index is -3.59. The molecule has 0 N–H and O–H groups in total. The molecule has 0 heterocycles. The zero-order valence-corrected chi connectivity index (χ0v) is 11.2. The molecule has 0 amide bonds. The molecule has 0 fully saturated rings. The molecule has 0 radical (unpaired) electrons. The van der Waals surface area contributed by atoms with Gasteiger partial charge in [0.15, 0.2) is 0 Å². The average molecular weight is 278 g/mol. The Bertz CT molecular complexity index is 539. The monoisotopic (exact) mass is 277 g/mol. The Morgan fingerprint density at radius 3 is 2.35 bits per heavy atom. The first-order chi connectivity index (χ1) is 7.80. The van der Waals surface area contributed by atoms with Crippen LogP contribution >= 0.6 is 11.6 Å². The van der Waals surface area contributed by atoms with Crippen molar-refractivity contribution >= 4 is 26.9 Å². The van der Waals surface area contributed by atoms with Gasteiger partial charge < -0.3 is 4.74 Å². The molecule has 5 nitrogen and oxygen atoms in total. The van der Waals surface area contributed by atoms with Crippen LogP contribution in [0.2, 0.25) is 0 Å². The summed E-state index contributed by atoms with van der Waals surface area (Å²) >= 11 is 5.36. The van der Waals surface area contributed by atoms with E-state index in [4.69, 9.17) is 16.3 Å². The van der Waals surface area contributed by atoms with Gasteiger partial charge in [0.25, 0.3) is 5.24 Å². The lowest BCUT2D eigenvalue weighted by Crippen LogP contribution is -2.22. The quantitative estimate of drug-likeness (QED) is 0.779. The van der Waals surface area contributed by atoms with Crippen molar-refractivity contribution in [2.75, 3.05) is 21.2 Å². The van der Waals surface area contributed by atoms with Crippen LogP contribution in [0.3, 0.4) is 0 Å². The average Bonchev–Trinajstić information content (AvgIpc) is 2.27. The Kier molecular flexibility index (Phi) is 4.13. The number of halogens is 1. The molecule has 0 aliphatic rings. The molecule has 7 heteroatoms. The van der Waals surface area contributed by atoms with Gasteiger partial charge in [0.05, 0.1) is 17.6 Å². The van der Waals surface area contributed by atoms with Crippen molar-refractivity contribution in [3.05, 3.63) is 23.8 Å². The van der Waals surface area contributed by atoms with Gasteiger partial charge in [0.2, 0.25) is 10.0 Å². The van der Waals surface area contributed by atoms with E-state index < -0.39 is 15.3 Å². The normalized spacial score (nSPS) is 11.6. The summed E-state index contributed by atoms with van der Waals surface area (Å²) in [7, 11) is 0.592. The number of benzene rings is 1. The van der Waals surface area contributed by atoms with Crippen molar-refractivity contribution in [3.8, 4) is 5.75 Å². The van der Waals surface area contributed by atoms with Crippen LogP contribution in [0, 0.1) is 0 Å². The molecule has 0 unspecified atom stereocenters. The fourth-order valence-electron chi connectivity index (χ4n) is 1.21. The van der Waals surface area contributed by atoms with Crippen LogP contribution in [0.25, 0.3) is 0 Å². The van der Waals surface area contributed by atoms with Gasteiger partial charge in [-0.15, -0.1) is 0 Å². The van der Waals surface area contributed by atoms with Gasteiger partial charge >= 0.3 is 0 Å². The molecule has 0 saturated heterocycles. The highest BCUT2D eigenvalue weighted by molar-refractivity contribution is 7.89. The van der Waals surface area contributed by atoms with Crippen LogP contribution in [0.15, 0.2) is 23.1 Å². The van der Waals surface area contributed by atoms with Crippen molar-refractivity contribution in [2.24, 2.45) is 0 Å². The van der Waals surface area contributed by atoms with Gasteiger partial charge in [-0.1, -0.05) is 0 Å². The summed E-state index contributed by atoms with van der Waals surface area (Å²) < 4.78 is 29.6. The molecule has 0 atom stereocenters. The van der Waals surface area contributed by atoms with E-state index in [-0.39, 0.29) is 16.2 Å². The third kappa shape index (κ3) is 2.77. The fourth-order valence-corrected chi connectivity index (χ4v) is 2.29. The van der Waals surface area contributed by atoms with Crippen molar-refractivity contribution in [3.63, 3.8) is 0 Å². The van der Waals surface area contributed by atoms with Crippen LogP contribution in [-0.2, 0) is 10.0 Å². The number of carbonyl (C=O) groups is 1. The molecular weight excluding hydrogens is 266 g/mol. The molecule has 17 heavy (non-hydrogen) atoms. The summed E-state index contributed by atoms with van der Waals surface area (Å²) in [6.45, 7) is 0. The zero-order valence-electron chi connectivity index (χ0n) is 9.60. The Morgan fingerprint density at radius 1 is 1.35 bits per heavy atom. The van der Waals surface area contributed by atoms with E-state index in [1.54, 1.807) is 0 Å². The van der Waals surface area contributed by atoms with E-state index in [1.165, 1.54) is 39.4 Å². The number of hydrogen-bond acceptors (Lipinski definition) is 4. The molecule has 0 bridgehead atoms. The lowest BCUT2D eigenvalue weighted by Gasteiger charge is -2.13. The number of nitrogens with zero attached hydrogens (tertiary/aromatic N) is 1. The number of methoxy groups -OCH3 is 1. The first kappa shape index (κ1) is 14.0. The van der Waals surface area contributed by atoms with Gasteiger partial charge in [-0.3, -0.25) is 4.79 Å². The summed E-state index contributed by atoms with van der Waals surface area (Å²) in [5.74, 6) is 0.239. The lowest BCUT2D eigenvalue weighted by molar-refractivity contribution is 0.107. The Hall–Kier alpha value is -1.11. The van der Waals surface area contributed by atoms with E-state index >= 15 is 0 Å². The summed E-state index contributed by atoms with van der Waals surface area (Å²) in [6, 6.07) is 3.95. The molecule has 0 aliphatic heterocycles. The van der Waals surface area contributed by atoms with Gasteiger partial charge in [0, 0.05) is 14.1 Å². The van der Waals surface area contributed by atoms with E-state index in [1.807, 2.05) is 0 Å². The number of ether oxygens (including phenoxy) is 1. The van der Waals surface area contributed by atoms with E-state index in [2.05, 4.69) is 0 Å². The summed E-state index contributed by atoms with van der Waals surface area (Å²) in [5, 5.41) is -0.766. The molecule has 1 rings (SSSR count). The van der Waals surface area contributed by atoms with Crippen LogP contribution in [0.4, 0.5) is 0 Å².